The monoisotopic (exact) mass is 315 g/mol. The first-order valence-electron chi connectivity index (χ1n) is 7.58. The molecule has 2 N–H and O–H groups in total. The van der Waals surface area contributed by atoms with Gasteiger partial charge in [-0.15, -0.1) is 0 Å². The van der Waals surface area contributed by atoms with Crippen molar-refractivity contribution in [2.45, 2.75) is 33.2 Å². The van der Waals surface area contributed by atoms with Crippen molar-refractivity contribution in [3.8, 4) is 5.69 Å². The fraction of sp³-hybridized carbons (Fsp3) is 0.353. The molecule has 0 radical (unpaired) electrons. The number of aromatic nitrogens is 2. The molecule has 2 rings (SSSR count). The molecule has 0 aliphatic heterocycles. The minimum Gasteiger partial charge on any atom is -0.480 e. The van der Waals surface area contributed by atoms with Gasteiger partial charge in [0.15, 0.2) is 0 Å². The summed E-state index contributed by atoms with van der Waals surface area (Å²) in [5.41, 5.74) is 2.17. The molecule has 6 nitrogen and oxygen atoms in total. The Morgan fingerprint density at radius 1 is 1.26 bits per heavy atom. The highest BCUT2D eigenvalue weighted by Gasteiger charge is 2.25. The molecule has 0 fully saturated rings. The van der Waals surface area contributed by atoms with E-state index in [1.54, 1.807) is 28.9 Å². The molecule has 0 saturated carbocycles. The average molecular weight is 315 g/mol. The third kappa shape index (κ3) is 3.97. The van der Waals surface area contributed by atoms with Crippen LogP contribution in [0.4, 0.5) is 0 Å². The van der Waals surface area contributed by atoms with Crippen molar-refractivity contribution in [2.75, 3.05) is 0 Å². The van der Waals surface area contributed by atoms with Crippen LogP contribution in [-0.2, 0) is 4.79 Å². The van der Waals surface area contributed by atoms with E-state index in [-0.39, 0.29) is 11.8 Å². The molecule has 2 atom stereocenters. The van der Waals surface area contributed by atoms with Crippen molar-refractivity contribution in [3.05, 3.63) is 47.8 Å². The summed E-state index contributed by atoms with van der Waals surface area (Å²) in [6.07, 6.45) is 2.52. The van der Waals surface area contributed by atoms with E-state index in [0.717, 1.165) is 11.4 Å². The normalized spacial score (nSPS) is 13.3. The van der Waals surface area contributed by atoms with Crippen molar-refractivity contribution in [1.29, 1.82) is 0 Å². The molecular weight excluding hydrogens is 294 g/mol. The highest BCUT2D eigenvalue weighted by atomic mass is 16.4. The zero-order chi connectivity index (χ0) is 17.0. The molecule has 0 saturated heterocycles. The van der Waals surface area contributed by atoms with Gasteiger partial charge in [0.05, 0.1) is 11.4 Å². The van der Waals surface area contributed by atoms with Crippen LogP contribution in [0.25, 0.3) is 5.69 Å². The number of aliphatic carboxylic acids is 1. The zero-order valence-electron chi connectivity index (χ0n) is 13.5. The first-order valence-corrected chi connectivity index (χ1v) is 7.58. The van der Waals surface area contributed by atoms with Gasteiger partial charge in [-0.05, 0) is 43.2 Å². The topological polar surface area (TPSA) is 84.2 Å². The van der Waals surface area contributed by atoms with Gasteiger partial charge in [-0.25, -0.2) is 9.48 Å². The second-order valence-electron chi connectivity index (χ2n) is 5.62. The number of carbonyl (C=O) groups excluding carboxylic acids is 1. The number of nitrogens with zero attached hydrogens (tertiary/aromatic N) is 2. The molecule has 2 aromatic rings. The van der Waals surface area contributed by atoms with E-state index >= 15 is 0 Å². The second-order valence-corrected chi connectivity index (χ2v) is 5.62. The lowest BCUT2D eigenvalue weighted by Gasteiger charge is -2.20. The Bertz CT molecular complexity index is 691. The summed E-state index contributed by atoms with van der Waals surface area (Å²) in [5, 5.41) is 16.1. The minimum atomic E-state index is -1.02. The molecule has 0 bridgehead atoms. The van der Waals surface area contributed by atoms with Crippen LogP contribution < -0.4 is 5.32 Å². The first kappa shape index (κ1) is 16.7. The zero-order valence-corrected chi connectivity index (χ0v) is 13.5. The molecule has 1 aromatic carbocycles. The van der Waals surface area contributed by atoms with Crippen LogP contribution in [0.5, 0.6) is 0 Å². The Hall–Kier alpha value is -2.63. The number of carbonyl (C=O) groups is 2. The van der Waals surface area contributed by atoms with Crippen molar-refractivity contribution < 1.29 is 14.7 Å². The maximum Gasteiger partial charge on any atom is 0.326 e. The maximum atomic E-state index is 12.2. The Balaban J connectivity index is 2.12. The molecular formula is C17H21N3O3. The van der Waals surface area contributed by atoms with E-state index in [0.29, 0.717) is 12.0 Å². The van der Waals surface area contributed by atoms with Gasteiger partial charge in [-0.3, -0.25) is 4.79 Å². The fourth-order valence-electron chi connectivity index (χ4n) is 2.23. The molecule has 1 amide bonds. The number of amides is 1. The molecule has 1 heterocycles. The van der Waals surface area contributed by atoms with Gasteiger partial charge in [-0.2, -0.15) is 5.10 Å². The first-order chi connectivity index (χ1) is 10.9. The van der Waals surface area contributed by atoms with E-state index in [2.05, 4.69) is 10.4 Å². The Labute approximate surface area is 135 Å². The van der Waals surface area contributed by atoms with Gasteiger partial charge in [0.1, 0.15) is 6.04 Å². The van der Waals surface area contributed by atoms with Crippen molar-refractivity contribution in [2.24, 2.45) is 5.92 Å². The minimum absolute atomic E-state index is 0.136. The lowest BCUT2D eigenvalue weighted by molar-refractivity contribution is -0.140. The molecule has 0 aliphatic rings. The summed E-state index contributed by atoms with van der Waals surface area (Å²) in [7, 11) is 0. The largest absolute Gasteiger partial charge is 0.480 e. The highest BCUT2D eigenvalue weighted by molar-refractivity contribution is 5.96. The molecule has 0 spiro atoms. The summed E-state index contributed by atoms with van der Waals surface area (Å²) < 4.78 is 1.72. The second kappa shape index (κ2) is 7.09. The molecule has 23 heavy (non-hydrogen) atoms. The van der Waals surface area contributed by atoms with Crippen molar-refractivity contribution >= 4 is 11.9 Å². The van der Waals surface area contributed by atoms with E-state index < -0.39 is 12.0 Å². The van der Waals surface area contributed by atoms with Crippen molar-refractivity contribution in [1.82, 2.24) is 15.1 Å². The summed E-state index contributed by atoms with van der Waals surface area (Å²) in [5.74, 6) is -1.54. The standard InChI is InChI=1S/C17H21N3O3/c1-4-11(2)15(17(22)23)18-16(21)13-5-7-14(8-6-13)20-10-9-12(3)19-20/h5-11,15H,4H2,1-3H3,(H,18,21)(H,22,23)/t11-,15-/m0/s1. The van der Waals surface area contributed by atoms with Gasteiger partial charge in [0.2, 0.25) is 0 Å². The summed E-state index contributed by atoms with van der Waals surface area (Å²) in [6.45, 7) is 5.61. The van der Waals surface area contributed by atoms with E-state index in [9.17, 15) is 14.7 Å². The number of hydrogen-bond acceptors (Lipinski definition) is 3. The lowest BCUT2D eigenvalue weighted by Crippen LogP contribution is -2.45. The van der Waals surface area contributed by atoms with E-state index in [1.165, 1.54) is 0 Å². The van der Waals surface area contributed by atoms with Crippen LogP contribution in [0.15, 0.2) is 36.5 Å². The third-order valence-corrected chi connectivity index (χ3v) is 3.88. The van der Waals surface area contributed by atoms with Crippen LogP contribution in [0.1, 0.15) is 36.3 Å². The van der Waals surface area contributed by atoms with Crippen LogP contribution in [0.2, 0.25) is 0 Å². The van der Waals surface area contributed by atoms with Crippen LogP contribution in [-0.4, -0.2) is 32.8 Å². The average Bonchev–Trinajstić information content (AvgIpc) is 2.98. The molecule has 122 valence electrons. The predicted molar refractivity (Wildman–Crippen MR) is 86.6 cm³/mol. The molecule has 1 aromatic heterocycles. The molecule has 0 unspecified atom stereocenters. The number of hydrogen-bond donors (Lipinski definition) is 2. The summed E-state index contributed by atoms with van der Waals surface area (Å²) in [4.78, 5) is 23.5. The van der Waals surface area contributed by atoms with Crippen LogP contribution in [0, 0.1) is 12.8 Å². The number of carboxylic acids is 1. The SMILES string of the molecule is CC[C@H](C)[C@H](NC(=O)c1ccc(-n2ccc(C)n2)cc1)C(=O)O. The number of benzene rings is 1. The maximum absolute atomic E-state index is 12.2. The fourth-order valence-corrected chi connectivity index (χ4v) is 2.23. The smallest absolute Gasteiger partial charge is 0.326 e. The van der Waals surface area contributed by atoms with Crippen LogP contribution >= 0.6 is 0 Å². The number of aryl methyl sites for hydroxylation is 1. The van der Waals surface area contributed by atoms with E-state index in [1.807, 2.05) is 33.0 Å². The molecule has 0 aliphatic carbocycles. The van der Waals surface area contributed by atoms with Gasteiger partial charge >= 0.3 is 5.97 Å². The highest BCUT2D eigenvalue weighted by Crippen LogP contribution is 2.12. The number of carboxylic acid groups (broad SMARTS) is 1. The molecule has 6 heteroatoms. The number of nitrogens with one attached hydrogen (secondary N) is 1. The third-order valence-electron chi connectivity index (χ3n) is 3.88. The van der Waals surface area contributed by atoms with Gasteiger partial charge < -0.3 is 10.4 Å². The van der Waals surface area contributed by atoms with Gasteiger partial charge in [0, 0.05) is 11.8 Å². The predicted octanol–water partition coefficient (Wildman–Crippen LogP) is 2.41. The van der Waals surface area contributed by atoms with Crippen molar-refractivity contribution in [3.63, 3.8) is 0 Å². The quantitative estimate of drug-likeness (QED) is 0.857. The Morgan fingerprint density at radius 2 is 1.91 bits per heavy atom. The Kier molecular flexibility index (Phi) is 5.16. The number of rotatable bonds is 6. The lowest BCUT2D eigenvalue weighted by atomic mass is 9.99. The summed E-state index contributed by atoms with van der Waals surface area (Å²) in [6, 6.07) is 7.89. The van der Waals surface area contributed by atoms with E-state index in [4.69, 9.17) is 0 Å². The van der Waals surface area contributed by atoms with Gasteiger partial charge in [-0.1, -0.05) is 20.3 Å². The summed E-state index contributed by atoms with van der Waals surface area (Å²) >= 11 is 0. The van der Waals surface area contributed by atoms with Crippen LogP contribution in [0.3, 0.4) is 0 Å². The van der Waals surface area contributed by atoms with Gasteiger partial charge in [0.25, 0.3) is 5.91 Å². The Morgan fingerprint density at radius 3 is 2.39 bits per heavy atom.